The summed E-state index contributed by atoms with van der Waals surface area (Å²) >= 11 is 0. The van der Waals surface area contributed by atoms with E-state index >= 15 is 0 Å². The molecule has 19 heavy (non-hydrogen) atoms. The molecule has 108 valence electrons. The number of unbranched alkanes of at least 4 members (excludes halogenated alkanes) is 3. The molecule has 1 aromatic carbocycles. The number of aryl methyl sites for hydroxylation is 1. The highest BCUT2D eigenvalue weighted by Crippen LogP contribution is 2.20. The Balaban J connectivity index is 2.41. The Bertz CT molecular complexity index is 396. The average Bonchev–Trinajstić information content (AvgIpc) is 2.37. The first-order valence-electron chi connectivity index (χ1n) is 6.86. The molecule has 1 unspecified atom stereocenters. The third kappa shape index (κ3) is 5.25. The number of aliphatic hydroxyl groups excluding tert-OH is 1. The van der Waals surface area contributed by atoms with Crippen molar-refractivity contribution in [1.29, 1.82) is 0 Å². The topological polar surface area (TPSA) is 32.3 Å². The first-order valence-corrected chi connectivity index (χ1v) is 6.86. The van der Waals surface area contributed by atoms with Crippen molar-refractivity contribution in [2.24, 2.45) is 0 Å². The van der Waals surface area contributed by atoms with Gasteiger partial charge in [0.1, 0.15) is 11.6 Å². The van der Waals surface area contributed by atoms with Gasteiger partial charge in [0, 0.05) is 18.2 Å². The minimum absolute atomic E-state index is 0.201. The van der Waals surface area contributed by atoms with E-state index in [0.29, 0.717) is 11.1 Å². The predicted octanol–water partition coefficient (Wildman–Crippen LogP) is 3.48. The van der Waals surface area contributed by atoms with Crippen molar-refractivity contribution in [3.05, 3.63) is 34.9 Å². The molecule has 0 heterocycles. The molecule has 0 saturated heterocycles. The molecule has 0 bridgehead atoms. The van der Waals surface area contributed by atoms with Crippen LogP contribution in [-0.2, 0) is 0 Å². The highest BCUT2D eigenvalue weighted by atomic mass is 19.1. The normalized spacial score (nSPS) is 12.7. The van der Waals surface area contributed by atoms with Crippen molar-refractivity contribution in [2.45, 2.75) is 45.6 Å². The molecule has 0 radical (unpaired) electrons. The summed E-state index contributed by atoms with van der Waals surface area (Å²) < 4.78 is 27.2. The zero-order valence-electron chi connectivity index (χ0n) is 11.7. The van der Waals surface area contributed by atoms with Crippen LogP contribution in [0.3, 0.4) is 0 Å². The van der Waals surface area contributed by atoms with Gasteiger partial charge >= 0.3 is 0 Å². The van der Waals surface area contributed by atoms with E-state index in [9.17, 15) is 8.78 Å². The number of nitrogens with one attached hydrogen (secondary N) is 1. The Kier molecular flexibility index (Phi) is 6.95. The maximum Gasteiger partial charge on any atom is 0.128 e. The Hall–Kier alpha value is -1.00. The second-order valence-corrected chi connectivity index (χ2v) is 4.94. The van der Waals surface area contributed by atoms with Crippen molar-refractivity contribution < 1.29 is 13.9 Å². The number of hydrogen-bond donors (Lipinski definition) is 2. The van der Waals surface area contributed by atoms with Crippen LogP contribution < -0.4 is 5.32 Å². The summed E-state index contributed by atoms with van der Waals surface area (Å²) in [4.78, 5) is 0. The molecule has 2 N–H and O–H groups in total. The summed E-state index contributed by atoms with van der Waals surface area (Å²) in [5.74, 6) is -0.729. The lowest BCUT2D eigenvalue weighted by Crippen LogP contribution is -2.21. The molecule has 0 aliphatic heterocycles. The second-order valence-electron chi connectivity index (χ2n) is 4.94. The van der Waals surface area contributed by atoms with Gasteiger partial charge in [0.2, 0.25) is 0 Å². The van der Waals surface area contributed by atoms with Crippen LogP contribution in [0.4, 0.5) is 8.78 Å². The van der Waals surface area contributed by atoms with E-state index in [1.807, 2.05) is 6.92 Å². The van der Waals surface area contributed by atoms with Crippen LogP contribution in [0.15, 0.2) is 12.1 Å². The standard InChI is InChI=1S/C15H23F2NO/c1-11-9-15(17)13(10-14(11)16)12(2)18-7-5-3-4-6-8-19/h9-10,12,18-19H,3-8H2,1-2H3. The molecule has 0 aliphatic rings. The number of halogens is 2. The molecule has 1 aromatic rings. The third-order valence-corrected chi connectivity index (χ3v) is 3.28. The summed E-state index contributed by atoms with van der Waals surface area (Å²) in [5, 5.41) is 11.8. The predicted molar refractivity (Wildman–Crippen MR) is 73.1 cm³/mol. The molecule has 4 heteroatoms. The molecule has 1 rings (SSSR count). The highest BCUT2D eigenvalue weighted by molar-refractivity contribution is 5.27. The van der Waals surface area contributed by atoms with Gasteiger partial charge in [-0.1, -0.05) is 12.8 Å². The molecule has 0 saturated carbocycles. The van der Waals surface area contributed by atoms with Crippen molar-refractivity contribution in [3.63, 3.8) is 0 Å². The lowest BCUT2D eigenvalue weighted by molar-refractivity contribution is 0.282. The van der Waals surface area contributed by atoms with Gasteiger partial charge in [0.05, 0.1) is 0 Å². The maximum absolute atomic E-state index is 13.7. The van der Waals surface area contributed by atoms with Crippen LogP contribution in [0.5, 0.6) is 0 Å². The third-order valence-electron chi connectivity index (χ3n) is 3.28. The quantitative estimate of drug-likeness (QED) is 0.709. The SMILES string of the molecule is Cc1cc(F)c(C(C)NCCCCCCO)cc1F. The highest BCUT2D eigenvalue weighted by Gasteiger charge is 2.13. The summed E-state index contributed by atoms with van der Waals surface area (Å²) in [6.07, 6.45) is 3.83. The van der Waals surface area contributed by atoms with Crippen LogP contribution in [0.1, 0.15) is 49.8 Å². The smallest absolute Gasteiger partial charge is 0.128 e. The van der Waals surface area contributed by atoms with Crippen molar-refractivity contribution in [1.82, 2.24) is 5.32 Å². The lowest BCUT2D eigenvalue weighted by atomic mass is 10.0. The first-order chi connectivity index (χ1) is 9.06. The van der Waals surface area contributed by atoms with Gasteiger partial charge < -0.3 is 10.4 Å². The second kappa shape index (κ2) is 8.23. The zero-order valence-corrected chi connectivity index (χ0v) is 11.7. The largest absolute Gasteiger partial charge is 0.396 e. The maximum atomic E-state index is 13.7. The molecule has 2 nitrogen and oxygen atoms in total. The molecule has 0 amide bonds. The Labute approximate surface area is 113 Å². The van der Waals surface area contributed by atoms with Gasteiger partial charge in [0.15, 0.2) is 0 Å². The van der Waals surface area contributed by atoms with Crippen molar-refractivity contribution in [3.8, 4) is 0 Å². The minimum atomic E-state index is -0.368. The Morgan fingerprint density at radius 3 is 2.47 bits per heavy atom. The Morgan fingerprint density at radius 1 is 1.11 bits per heavy atom. The lowest BCUT2D eigenvalue weighted by Gasteiger charge is -2.15. The molecular weight excluding hydrogens is 248 g/mol. The number of hydrogen-bond acceptors (Lipinski definition) is 2. The molecule has 0 fully saturated rings. The average molecular weight is 271 g/mol. The minimum Gasteiger partial charge on any atom is -0.396 e. The van der Waals surface area contributed by atoms with Gasteiger partial charge in [-0.25, -0.2) is 8.78 Å². The van der Waals surface area contributed by atoms with Gasteiger partial charge in [0.25, 0.3) is 0 Å². The monoisotopic (exact) mass is 271 g/mol. The van der Waals surface area contributed by atoms with E-state index < -0.39 is 0 Å². The summed E-state index contributed by atoms with van der Waals surface area (Å²) in [7, 11) is 0. The summed E-state index contributed by atoms with van der Waals surface area (Å²) in [6, 6.07) is 2.31. The number of rotatable bonds is 8. The fourth-order valence-corrected chi connectivity index (χ4v) is 2.01. The van der Waals surface area contributed by atoms with Gasteiger partial charge in [-0.2, -0.15) is 0 Å². The van der Waals surface area contributed by atoms with Crippen molar-refractivity contribution >= 4 is 0 Å². The van der Waals surface area contributed by atoms with E-state index in [4.69, 9.17) is 5.11 Å². The van der Waals surface area contributed by atoms with E-state index in [-0.39, 0.29) is 24.3 Å². The van der Waals surface area contributed by atoms with Crippen LogP contribution in [0.25, 0.3) is 0 Å². The molecule has 0 aromatic heterocycles. The number of aliphatic hydroxyl groups is 1. The zero-order chi connectivity index (χ0) is 14.3. The van der Waals surface area contributed by atoms with Gasteiger partial charge in [-0.05, 0) is 50.9 Å². The summed E-state index contributed by atoms with van der Waals surface area (Å²) in [5.41, 5.74) is 0.705. The molecular formula is C15H23F2NO. The summed E-state index contributed by atoms with van der Waals surface area (Å²) in [6.45, 7) is 4.39. The van der Waals surface area contributed by atoms with E-state index in [2.05, 4.69) is 5.32 Å². The van der Waals surface area contributed by atoms with E-state index in [1.165, 1.54) is 12.1 Å². The van der Waals surface area contributed by atoms with Crippen LogP contribution in [-0.4, -0.2) is 18.3 Å². The first kappa shape index (κ1) is 16.1. The van der Waals surface area contributed by atoms with Crippen LogP contribution in [0.2, 0.25) is 0 Å². The van der Waals surface area contributed by atoms with Gasteiger partial charge in [-0.3, -0.25) is 0 Å². The van der Waals surface area contributed by atoms with Crippen molar-refractivity contribution in [2.75, 3.05) is 13.2 Å². The van der Waals surface area contributed by atoms with Crippen LogP contribution in [0, 0.1) is 18.6 Å². The van der Waals surface area contributed by atoms with E-state index in [0.717, 1.165) is 32.2 Å². The fourth-order valence-electron chi connectivity index (χ4n) is 2.01. The van der Waals surface area contributed by atoms with Gasteiger partial charge in [-0.15, -0.1) is 0 Å². The Morgan fingerprint density at radius 2 is 1.79 bits per heavy atom. The van der Waals surface area contributed by atoms with E-state index in [1.54, 1.807) is 6.92 Å². The van der Waals surface area contributed by atoms with Crippen LogP contribution >= 0.6 is 0 Å². The number of benzene rings is 1. The fraction of sp³-hybridized carbons (Fsp3) is 0.600. The molecule has 0 spiro atoms. The molecule has 1 atom stereocenters. The molecule has 0 aliphatic carbocycles.